The summed E-state index contributed by atoms with van der Waals surface area (Å²) in [7, 11) is 0. The lowest BCUT2D eigenvalue weighted by molar-refractivity contribution is -0.143. The van der Waals surface area contributed by atoms with E-state index < -0.39 is 5.97 Å². The molecule has 1 aromatic rings. The van der Waals surface area contributed by atoms with Crippen molar-refractivity contribution in [2.75, 3.05) is 0 Å². The first-order valence-electron chi connectivity index (χ1n) is 6.64. The molecule has 0 spiro atoms. The van der Waals surface area contributed by atoms with Crippen LogP contribution < -0.4 is 0 Å². The van der Waals surface area contributed by atoms with Crippen LogP contribution in [0, 0.1) is 11.8 Å². The molecular formula is C15H19ClO2. The summed E-state index contributed by atoms with van der Waals surface area (Å²) in [5.41, 5.74) is 1.19. The molecule has 18 heavy (non-hydrogen) atoms. The van der Waals surface area contributed by atoms with E-state index in [9.17, 15) is 9.90 Å². The highest BCUT2D eigenvalue weighted by Crippen LogP contribution is 2.31. The first-order chi connectivity index (χ1) is 8.66. The lowest BCUT2D eigenvalue weighted by Gasteiger charge is -2.21. The van der Waals surface area contributed by atoms with Gasteiger partial charge in [-0.25, -0.2) is 0 Å². The van der Waals surface area contributed by atoms with E-state index in [0.29, 0.717) is 0 Å². The molecule has 0 radical (unpaired) electrons. The number of halogens is 1. The average molecular weight is 267 g/mol. The third-order valence-electron chi connectivity index (χ3n) is 3.89. The van der Waals surface area contributed by atoms with Gasteiger partial charge in [-0.05, 0) is 42.9 Å². The van der Waals surface area contributed by atoms with Gasteiger partial charge in [-0.3, -0.25) is 4.79 Å². The zero-order valence-electron chi connectivity index (χ0n) is 10.4. The Bertz CT molecular complexity index is 399. The fraction of sp³-hybridized carbons (Fsp3) is 0.533. The fourth-order valence-electron chi connectivity index (χ4n) is 2.88. The van der Waals surface area contributed by atoms with Crippen LogP contribution in [0.1, 0.15) is 37.7 Å². The van der Waals surface area contributed by atoms with Gasteiger partial charge in [0.15, 0.2) is 0 Å². The Hall–Kier alpha value is -1.02. The van der Waals surface area contributed by atoms with Crippen LogP contribution in [-0.4, -0.2) is 11.1 Å². The number of carboxylic acids is 1. The standard InChI is InChI=1S/C15H19ClO2/c16-13-8-6-11(7-9-13)10-12-4-2-1-3-5-14(12)15(17)18/h6-9,12,14H,1-5,10H2,(H,17,18). The lowest BCUT2D eigenvalue weighted by atomic mass is 9.83. The van der Waals surface area contributed by atoms with Gasteiger partial charge in [0.25, 0.3) is 0 Å². The van der Waals surface area contributed by atoms with Crippen LogP contribution in [0.4, 0.5) is 0 Å². The third-order valence-corrected chi connectivity index (χ3v) is 4.14. The second kappa shape index (κ2) is 6.24. The van der Waals surface area contributed by atoms with Gasteiger partial charge in [-0.1, -0.05) is 43.0 Å². The average Bonchev–Trinajstić information content (AvgIpc) is 2.57. The van der Waals surface area contributed by atoms with Gasteiger partial charge in [0.2, 0.25) is 0 Å². The summed E-state index contributed by atoms with van der Waals surface area (Å²) in [5.74, 6) is -0.537. The van der Waals surface area contributed by atoms with Gasteiger partial charge >= 0.3 is 5.97 Å². The zero-order chi connectivity index (χ0) is 13.0. The van der Waals surface area contributed by atoms with Crippen molar-refractivity contribution in [1.82, 2.24) is 0 Å². The predicted octanol–water partition coefficient (Wildman–Crippen LogP) is 4.16. The lowest BCUT2D eigenvalue weighted by Crippen LogP contribution is -2.24. The van der Waals surface area contributed by atoms with Crippen molar-refractivity contribution < 1.29 is 9.90 Å². The highest BCUT2D eigenvalue weighted by molar-refractivity contribution is 6.30. The van der Waals surface area contributed by atoms with Crippen LogP contribution in [0.15, 0.2) is 24.3 Å². The monoisotopic (exact) mass is 266 g/mol. The quantitative estimate of drug-likeness (QED) is 0.834. The summed E-state index contributed by atoms with van der Waals surface area (Å²) >= 11 is 5.87. The Kier molecular flexibility index (Phi) is 4.65. The van der Waals surface area contributed by atoms with Crippen molar-refractivity contribution >= 4 is 17.6 Å². The second-order valence-electron chi connectivity index (χ2n) is 5.17. The number of carbonyl (C=O) groups is 1. The Morgan fingerprint density at radius 1 is 1.17 bits per heavy atom. The highest BCUT2D eigenvalue weighted by atomic mass is 35.5. The molecule has 98 valence electrons. The van der Waals surface area contributed by atoms with Crippen molar-refractivity contribution in [1.29, 1.82) is 0 Å². The fourth-order valence-corrected chi connectivity index (χ4v) is 3.00. The number of carboxylic acid groups (broad SMARTS) is 1. The Morgan fingerprint density at radius 2 is 1.83 bits per heavy atom. The number of rotatable bonds is 3. The van der Waals surface area contributed by atoms with E-state index >= 15 is 0 Å². The Labute approximate surface area is 113 Å². The minimum Gasteiger partial charge on any atom is -0.481 e. The topological polar surface area (TPSA) is 37.3 Å². The SMILES string of the molecule is O=C(O)C1CCCCCC1Cc1ccc(Cl)cc1. The first kappa shape index (κ1) is 13.4. The summed E-state index contributed by atoms with van der Waals surface area (Å²) in [6.45, 7) is 0. The van der Waals surface area contributed by atoms with Gasteiger partial charge in [-0.2, -0.15) is 0 Å². The molecule has 2 unspecified atom stereocenters. The second-order valence-corrected chi connectivity index (χ2v) is 5.61. The minimum absolute atomic E-state index is 0.178. The molecule has 2 nitrogen and oxygen atoms in total. The van der Waals surface area contributed by atoms with Crippen LogP contribution in [0.25, 0.3) is 0 Å². The van der Waals surface area contributed by atoms with E-state index in [2.05, 4.69) is 0 Å². The molecule has 0 amide bonds. The Balaban J connectivity index is 2.08. The Morgan fingerprint density at radius 3 is 2.50 bits per heavy atom. The van der Waals surface area contributed by atoms with Crippen LogP contribution in [0.2, 0.25) is 5.02 Å². The van der Waals surface area contributed by atoms with Crippen LogP contribution in [-0.2, 0) is 11.2 Å². The van der Waals surface area contributed by atoms with E-state index in [4.69, 9.17) is 11.6 Å². The van der Waals surface area contributed by atoms with Gasteiger partial charge in [0.1, 0.15) is 0 Å². The van der Waals surface area contributed by atoms with Gasteiger partial charge in [-0.15, -0.1) is 0 Å². The van der Waals surface area contributed by atoms with Crippen LogP contribution >= 0.6 is 11.6 Å². The van der Waals surface area contributed by atoms with Crippen LogP contribution in [0.5, 0.6) is 0 Å². The van der Waals surface area contributed by atoms with Gasteiger partial charge in [0.05, 0.1) is 5.92 Å². The van der Waals surface area contributed by atoms with Crippen molar-refractivity contribution in [2.45, 2.75) is 38.5 Å². The third kappa shape index (κ3) is 3.49. The van der Waals surface area contributed by atoms with Crippen molar-refractivity contribution in [3.8, 4) is 0 Å². The summed E-state index contributed by atoms with van der Waals surface area (Å²) in [5, 5.41) is 10.1. The molecule has 1 aliphatic carbocycles. The molecule has 1 N–H and O–H groups in total. The molecule has 1 saturated carbocycles. The van der Waals surface area contributed by atoms with Crippen molar-refractivity contribution in [3.63, 3.8) is 0 Å². The number of hydrogen-bond donors (Lipinski definition) is 1. The van der Waals surface area contributed by atoms with Gasteiger partial charge < -0.3 is 5.11 Å². The molecule has 2 rings (SSSR count). The van der Waals surface area contributed by atoms with E-state index in [1.165, 1.54) is 12.0 Å². The summed E-state index contributed by atoms with van der Waals surface area (Å²) < 4.78 is 0. The number of aliphatic carboxylic acids is 1. The molecule has 0 aromatic heterocycles. The molecule has 1 fully saturated rings. The predicted molar refractivity (Wildman–Crippen MR) is 72.9 cm³/mol. The maximum atomic E-state index is 11.3. The van der Waals surface area contributed by atoms with Crippen molar-refractivity contribution in [3.05, 3.63) is 34.9 Å². The first-order valence-corrected chi connectivity index (χ1v) is 7.02. The summed E-state index contributed by atoms with van der Waals surface area (Å²) in [6, 6.07) is 7.77. The zero-order valence-corrected chi connectivity index (χ0v) is 11.2. The van der Waals surface area contributed by atoms with E-state index in [1.807, 2.05) is 24.3 Å². The minimum atomic E-state index is -0.629. The molecule has 0 heterocycles. The molecule has 0 bridgehead atoms. The molecule has 0 aliphatic heterocycles. The molecular weight excluding hydrogens is 248 g/mol. The molecule has 1 aromatic carbocycles. The normalized spacial score (nSPS) is 24.5. The molecule has 1 aliphatic rings. The summed E-state index contributed by atoms with van der Waals surface area (Å²) in [4.78, 5) is 11.3. The molecule has 0 saturated heterocycles. The maximum Gasteiger partial charge on any atom is 0.306 e. The van der Waals surface area contributed by atoms with E-state index in [1.54, 1.807) is 0 Å². The van der Waals surface area contributed by atoms with Crippen molar-refractivity contribution in [2.24, 2.45) is 11.8 Å². The highest BCUT2D eigenvalue weighted by Gasteiger charge is 2.29. The summed E-state index contributed by atoms with van der Waals surface area (Å²) in [6.07, 6.45) is 6.08. The largest absolute Gasteiger partial charge is 0.481 e. The van der Waals surface area contributed by atoms with Crippen LogP contribution in [0.3, 0.4) is 0 Å². The number of hydrogen-bond acceptors (Lipinski definition) is 1. The smallest absolute Gasteiger partial charge is 0.306 e. The van der Waals surface area contributed by atoms with E-state index in [0.717, 1.165) is 37.1 Å². The maximum absolute atomic E-state index is 11.3. The van der Waals surface area contributed by atoms with E-state index in [-0.39, 0.29) is 11.8 Å². The number of benzene rings is 1. The molecule has 2 atom stereocenters. The molecule has 3 heteroatoms. The van der Waals surface area contributed by atoms with Gasteiger partial charge in [0, 0.05) is 5.02 Å².